The minimum absolute atomic E-state index is 0.507. The third-order valence-corrected chi connectivity index (χ3v) is 4.65. The average Bonchev–Trinajstić information content (AvgIpc) is 3.08. The highest BCUT2D eigenvalue weighted by Crippen LogP contribution is 2.29. The second-order valence-electron chi connectivity index (χ2n) is 4.45. The van der Waals surface area contributed by atoms with Crippen molar-refractivity contribution in [1.29, 1.82) is 0 Å². The van der Waals surface area contributed by atoms with Crippen molar-refractivity contribution in [3.05, 3.63) is 52.2 Å². The van der Waals surface area contributed by atoms with E-state index >= 15 is 0 Å². The number of nitrogen functional groups attached to an aromatic ring is 1. The molecule has 0 aliphatic carbocycles. The highest BCUT2D eigenvalue weighted by molar-refractivity contribution is 7.15. The van der Waals surface area contributed by atoms with Gasteiger partial charge in [-0.1, -0.05) is 24.3 Å². The standard InChI is InChI=1S/C15H14N4S2/c1-10-6-7-13(21-10)12-5-3-2-4-11(12)8-17-19-15-18-14(16)9-20-15/h2-9H,16H2,1H3,(H,18,19). The van der Waals surface area contributed by atoms with Crippen molar-refractivity contribution >= 4 is 39.8 Å². The largest absolute Gasteiger partial charge is 0.383 e. The van der Waals surface area contributed by atoms with Gasteiger partial charge in [0.1, 0.15) is 5.82 Å². The first-order valence-corrected chi connectivity index (χ1v) is 8.08. The summed E-state index contributed by atoms with van der Waals surface area (Å²) in [6.07, 6.45) is 1.81. The van der Waals surface area contributed by atoms with Crippen LogP contribution in [0.4, 0.5) is 10.9 Å². The Balaban J connectivity index is 1.82. The highest BCUT2D eigenvalue weighted by atomic mass is 32.1. The zero-order valence-corrected chi connectivity index (χ0v) is 13.0. The van der Waals surface area contributed by atoms with E-state index in [1.165, 1.54) is 26.7 Å². The second kappa shape index (κ2) is 6.07. The SMILES string of the molecule is Cc1ccc(-c2ccccc2C=NNc2nc(N)cs2)s1. The predicted molar refractivity (Wildman–Crippen MR) is 92.2 cm³/mol. The molecule has 6 heteroatoms. The summed E-state index contributed by atoms with van der Waals surface area (Å²) in [7, 11) is 0. The number of hydrogen-bond acceptors (Lipinski definition) is 6. The van der Waals surface area contributed by atoms with Crippen molar-refractivity contribution in [3.8, 4) is 10.4 Å². The fourth-order valence-corrected chi connectivity index (χ4v) is 3.37. The fraction of sp³-hybridized carbons (Fsp3) is 0.0667. The van der Waals surface area contributed by atoms with E-state index in [0.717, 1.165) is 5.56 Å². The molecule has 4 nitrogen and oxygen atoms in total. The molecular weight excluding hydrogens is 300 g/mol. The molecule has 0 saturated heterocycles. The van der Waals surface area contributed by atoms with Gasteiger partial charge in [-0.3, -0.25) is 5.43 Å². The van der Waals surface area contributed by atoms with Crippen LogP contribution in [0, 0.1) is 6.92 Å². The molecule has 0 unspecified atom stereocenters. The molecule has 2 heterocycles. The van der Waals surface area contributed by atoms with Crippen LogP contribution >= 0.6 is 22.7 Å². The first-order valence-electron chi connectivity index (χ1n) is 6.38. The molecule has 3 rings (SSSR count). The van der Waals surface area contributed by atoms with Gasteiger partial charge in [-0.25, -0.2) is 4.98 Å². The number of aryl methyl sites for hydroxylation is 1. The monoisotopic (exact) mass is 314 g/mol. The molecule has 0 saturated carbocycles. The smallest absolute Gasteiger partial charge is 0.205 e. The summed E-state index contributed by atoms with van der Waals surface area (Å²) in [6.45, 7) is 2.11. The van der Waals surface area contributed by atoms with Crippen molar-refractivity contribution in [2.75, 3.05) is 11.2 Å². The Kier molecular flexibility index (Phi) is 3.98. The molecular formula is C15H14N4S2. The van der Waals surface area contributed by atoms with E-state index in [9.17, 15) is 0 Å². The van der Waals surface area contributed by atoms with Crippen LogP contribution in [-0.4, -0.2) is 11.2 Å². The Morgan fingerprint density at radius 1 is 1.24 bits per heavy atom. The quantitative estimate of drug-likeness (QED) is 0.560. The fourth-order valence-electron chi connectivity index (χ4n) is 1.91. The summed E-state index contributed by atoms with van der Waals surface area (Å²) >= 11 is 3.21. The second-order valence-corrected chi connectivity index (χ2v) is 6.59. The minimum Gasteiger partial charge on any atom is -0.383 e. The summed E-state index contributed by atoms with van der Waals surface area (Å²) in [4.78, 5) is 6.64. The van der Waals surface area contributed by atoms with Crippen molar-refractivity contribution < 1.29 is 0 Å². The number of thiophene rings is 1. The lowest BCUT2D eigenvalue weighted by Gasteiger charge is -2.02. The first-order chi connectivity index (χ1) is 10.2. The number of nitrogens with two attached hydrogens (primary N) is 1. The molecule has 1 aromatic carbocycles. The van der Waals surface area contributed by atoms with E-state index in [0.29, 0.717) is 10.9 Å². The molecule has 0 radical (unpaired) electrons. The van der Waals surface area contributed by atoms with Crippen LogP contribution in [0.25, 0.3) is 10.4 Å². The van der Waals surface area contributed by atoms with Crippen LogP contribution in [0.3, 0.4) is 0 Å². The number of benzene rings is 1. The summed E-state index contributed by atoms with van der Waals surface area (Å²) < 4.78 is 0. The topological polar surface area (TPSA) is 63.3 Å². The molecule has 0 fully saturated rings. The van der Waals surface area contributed by atoms with Gasteiger partial charge in [0.25, 0.3) is 0 Å². The molecule has 3 N–H and O–H groups in total. The Bertz CT molecular complexity index is 773. The minimum atomic E-state index is 0.507. The highest BCUT2D eigenvalue weighted by Gasteiger charge is 2.05. The summed E-state index contributed by atoms with van der Waals surface area (Å²) in [5, 5.41) is 6.71. The average molecular weight is 314 g/mol. The van der Waals surface area contributed by atoms with Crippen molar-refractivity contribution in [2.45, 2.75) is 6.92 Å². The zero-order valence-electron chi connectivity index (χ0n) is 11.4. The normalized spacial score (nSPS) is 11.1. The van der Waals surface area contributed by atoms with Gasteiger partial charge in [0.05, 0.1) is 6.21 Å². The van der Waals surface area contributed by atoms with Gasteiger partial charge in [-0.15, -0.1) is 22.7 Å². The Hall–Kier alpha value is -2.18. The molecule has 0 amide bonds. The number of anilines is 2. The third kappa shape index (κ3) is 3.29. The van der Waals surface area contributed by atoms with E-state index in [2.05, 4.69) is 40.6 Å². The van der Waals surface area contributed by atoms with Crippen LogP contribution < -0.4 is 11.2 Å². The van der Waals surface area contributed by atoms with E-state index < -0.39 is 0 Å². The zero-order chi connectivity index (χ0) is 14.7. The molecule has 0 bridgehead atoms. The van der Waals surface area contributed by atoms with E-state index in [-0.39, 0.29) is 0 Å². The van der Waals surface area contributed by atoms with Gasteiger partial charge in [-0.05, 0) is 19.1 Å². The summed E-state index contributed by atoms with van der Waals surface area (Å²) in [5.74, 6) is 0.507. The number of nitrogens with zero attached hydrogens (tertiary/aromatic N) is 2. The lowest BCUT2D eigenvalue weighted by atomic mass is 10.1. The molecule has 0 aliphatic heterocycles. The van der Waals surface area contributed by atoms with Gasteiger partial charge in [0, 0.05) is 26.3 Å². The van der Waals surface area contributed by atoms with Crippen LogP contribution in [0.15, 0.2) is 46.9 Å². The van der Waals surface area contributed by atoms with Crippen LogP contribution in [0.2, 0.25) is 0 Å². The maximum absolute atomic E-state index is 5.57. The van der Waals surface area contributed by atoms with Crippen LogP contribution in [0.1, 0.15) is 10.4 Å². The van der Waals surface area contributed by atoms with Gasteiger partial charge in [-0.2, -0.15) is 5.10 Å². The lowest BCUT2D eigenvalue weighted by Crippen LogP contribution is -1.92. The van der Waals surface area contributed by atoms with E-state index in [1.807, 2.05) is 24.4 Å². The van der Waals surface area contributed by atoms with Gasteiger partial charge in [0.15, 0.2) is 0 Å². The number of aromatic nitrogens is 1. The molecule has 2 aromatic heterocycles. The van der Waals surface area contributed by atoms with Gasteiger partial charge < -0.3 is 5.73 Å². The van der Waals surface area contributed by atoms with Crippen molar-refractivity contribution in [1.82, 2.24) is 4.98 Å². The Morgan fingerprint density at radius 3 is 2.81 bits per heavy atom. The van der Waals surface area contributed by atoms with Crippen LogP contribution in [-0.2, 0) is 0 Å². The molecule has 21 heavy (non-hydrogen) atoms. The maximum Gasteiger partial charge on any atom is 0.205 e. The lowest BCUT2D eigenvalue weighted by molar-refractivity contribution is 1.29. The predicted octanol–water partition coefficient (Wildman–Crippen LogP) is 4.21. The molecule has 0 atom stereocenters. The molecule has 3 aromatic rings. The maximum atomic E-state index is 5.57. The van der Waals surface area contributed by atoms with Crippen LogP contribution in [0.5, 0.6) is 0 Å². The van der Waals surface area contributed by atoms with Crippen molar-refractivity contribution in [2.24, 2.45) is 5.10 Å². The summed E-state index contributed by atoms with van der Waals surface area (Å²) in [5.41, 5.74) is 10.7. The van der Waals surface area contributed by atoms with E-state index in [1.54, 1.807) is 16.7 Å². The number of rotatable bonds is 4. The van der Waals surface area contributed by atoms with Gasteiger partial charge >= 0.3 is 0 Å². The number of hydrazone groups is 1. The number of nitrogens with one attached hydrogen (secondary N) is 1. The third-order valence-electron chi connectivity index (χ3n) is 2.85. The molecule has 0 aliphatic rings. The Labute approximate surface area is 131 Å². The number of hydrogen-bond donors (Lipinski definition) is 2. The van der Waals surface area contributed by atoms with E-state index in [4.69, 9.17) is 5.73 Å². The van der Waals surface area contributed by atoms with Gasteiger partial charge in [0.2, 0.25) is 5.13 Å². The molecule has 106 valence electrons. The number of thiazole rings is 1. The summed E-state index contributed by atoms with van der Waals surface area (Å²) in [6, 6.07) is 12.5. The molecule has 0 spiro atoms. The first kappa shape index (κ1) is 13.8. The van der Waals surface area contributed by atoms with Crippen molar-refractivity contribution in [3.63, 3.8) is 0 Å². The Morgan fingerprint density at radius 2 is 2.10 bits per heavy atom.